The minimum absolute atomic E-state index is 0.130. The molecule has 0 aliphatic heterocycles. The molecule has 4 heteroatoms. The van der Waals surface area contributed by atoms with Gasteiger partial charge in [-0.1, -0.05) is 17.7 Å². The Bertz CT molecular complexity index is 648. The molecule has 0 N–H and O–H groups in total. The summed E-state index contributed by atoms with van der Waals surface area (Å²) in [5, 5.41) is 0.130. The summed E-state index contributed by atoms with van der Waals surface area (Å²) >= 11 is 5.66. The van der Waals surface area contributed by atoms with E-state index in [9.17, 15) is 9.18 Å². The predicted octanol–water partition coefficient (Wildman–Crippen LogP) is 3.85. The molecule has 98 valence electrons. The number of fused-ring (bicyclic) bond motifs is 1. The monoisotopic (exact) mass is 277 g/mol. The van der Waals surface area contributed by atoms with Gasteiger partial charge in [-0.2, -0.15) is 0 Å². The van der Waals surface area contributed by atoms with E-state index in [0.29, 0.717) is 13.0 Å². The maximum atomic E-state index is 13.4. The van der Waals surface area contributed by atoms with Crippen LogP contribution in [0.25, 0.3) is 0 Å². The van der Waals surface area contributed by atoms with Gasteiger partial charge in [0.2, 0.25) is 0 Å². The van der Waals surface area contributed by atoms with Gasteiger partial charge < -0.3 is 4.57 Å². The van der Waals surface area contributed by atoms with Crippen LogP contribution in [0.4, 0.5) is 4.39 Å². The maximum absolute atomic E-state index is 13.4. The number of nitrogens with zero attached hydrogens (tertiary/aromatic N) is 1. The van der Waals surface area contributed by atoms with Crippen molar-refractivity contribution < 1.29 is 9.18 Å². The molecule has 0 unspecified atom stereocenters. The lowest BCUT2D eigenvalue weighted by Gasteiger charge is -2.07. The summed E-state index contributed by atoms with van der Waals surface area (Å²) in [7, 11) is 0. The third kappa shape index (κ3) is 2.43. The Labute approximate surface area is 115 Å². The average molecular weight is 278 g/mol. The Hall–Kier alpha value is -1.61. The number of carbonyl (C=O) groups is 1. The molecule has 0 saturated heterocycles. The quantitative estimate of drug-likeness (QED) is 0.817. The largest absolute Gasteiger partial charge is 0.349 e. The SMILES string of the molecule is O=C1CCCc2cn(Cc3ccc(Cl)c(F)c3)cc21. The van der Waals surface area contributed by atoms with Crippen molar-refractivity contribution in [1.29, 1.82) is 0 Å². The number of halogens is 2. The molecule has 3 rings (SSSR count). The number of hydrogen-bond donors (Lipinski definition) is 0. The first-order valence-corrected chi connectivity index (χ1v) is 6.67. The van der Waals surface area contributed by atoms with Crippen molar-refractivity contribution in [2.45, 2.75) is 25.8 Å². The van der Waals surface area contributed by atoms with Gasteiger partial charge in [0.1, 0.15) is 5.82 Å². The maximum Gasteiger partial charge on any atom is 0.164 e. The zero-order valence-electron chi connectivity index (χ0n) is 10.3. The number of carbonyl (C=O) groups excluding carboxylic acids is 1. The number of hydrogen-bond acceptors (Lipinski definition) is 1. The summed E-state index contributed by atoms with van der Waals surface area (Å²) in [5.74, 6) is -0.200. The van der Waals surface area contributed by atoms with Crippen LogP contribution in [-0.2, 0) is 13.0 Å². The molecule has 19 heavy (non-hydrogen) atoms. The highest BCUT2D eigenvalue weighted by atomic mass is 35.5. The van der Waals surface area contributed by atoms with Crippen LogP contribution < -0.4 is 0 Å². The molecule has 1 aliphatic rings. The Morgan fingerprint density at radius 1 is 1.26 bits per heavy atom. The normalized spacial score (nSPS) is 14.5. The Balaban J connectivity index is 1.87. The van der Waals surface area contributed by atoms with Crippen molar-refractivity contribution in [2.24, 2.45) is 0 Å². The molecule has 0 spiro atoms. The fourth-order valence-corrected chi connectivity index (χ4v) is 2.64. The van der Waals surface area contributed by atoms with Crippen LogP contribution in [0.2, 0.25) is 5.02 Å². The molecule has 0 fully saturated rings. The smallest absolute Gasteiger partial charge is 0.164 e. The van der Waals surface area contributed by atoms with Crippen LogP contribution >= 0.6 is 11.6 Å². The van der Waals surface area contributed by atoms with Gasteiger partial charge in [-0.25, -0.2) is 4.39 Å². The van der Waals surface area contributed by atoms with E-state index in [4.69, 9.17) is 11.6 Å². The van der Waals surface area contributed by atoms with Crippen molar-refractivity contribution in [3.05, 3.63) is 58.1 Å². The first-order chi connectivity index (χ1) is 9.13. The molecule has 0 amide bonds. The summed E-state index contributed by atoms with van der Waals surface area (Å²) in [6, 6.07) is 4.79. The summed E-state index contributed by atoms with van der Waals surface area (Å²) in [6.07, 6.45) is 6.35. The molecular formula is C15H13ClFNO. The van der Waals surface area contributed by atoms with E-state index >= 15 is 0 Å². The molecular weight excluding hydrogens is 265 g/mol. The predicted molar refractivity (Wildman–Crippen MR) is 72.2 cm³/mol. The Kier molecular flexibility index (Phi) is 3.15. The number of ketones is 1. The summed E-state index contributed by atoms with van der Waals surface area (Å²) < 4.78 is 15.3. The lowest BCUT2D eigenvalue weighted by molar-refractivity contribution is 0.0973. The second-order valence-electron chi connectivity index (χ2n) is 4.89. The van der Waals surface area contributed by atoms with Crippen LogP contribution in [0.1, 0.15) is 34.3 Å². The molecule has 2 aromatic rings. The lowest BCUT2D eigenvalue weighted by Crippen LogP contribution is -2.07. The summed E-state index contributed by atoms with van der Waals surface area (Å²) in [5.41, 5.74) is 2.76. The second kappa shape index (κ2) is 4.82. The number of benzene rings is 1. The first kappa shape index (κ1) is 12.4. The lowest BCUT2D eigenvalue weighted by atomic mass is 9.95. The zero-order chi connectivity index (χ0) is 13.4. The van der Waals surface area contributed by atoms with Crippen molar-refractivity contribution in [3.8, 4) is 0 Å². The van der Waals surface area contributed by atoms with Crippen LogP contribution in [0.5, 0.6) is 0 Å². The van der Waals surface area contributed by atoms with E-state index in [1.165, 1.54) is 6.07 Å². The van der Waals surface area contributed by atoms with E-state index in [1.54, 1.807) is 12.1 Å². The molecule has 0 atom stereocenters. The van der Waals surface area contributed by atoms with E-state index in [1.807, 2.05) is 17.0 Å². The standard InChI is InChI=1S/C15H13ClFNO/c16-13-5-4-10(6-14(13)17)7-18-8-11-2-1-3-15(19)12(11)9-18/h4-6,8-9H,1-3,7H2. The van der Waals surface area contributed by atoms with Gasteiger partial charge >= 0.3 is 0 Å². The molecule has 1 aliphatic carbocycles. The summed E-state index contributed by atoms with van der Waals surface area (Å²) in [6.45, 7) is 0.550. The highest BCUT2D eigenvalue weighted by Crippen LogP contribution is 2.23. The minimum atomic E-state index is -0.410. The van der Waals surface area contributed by atoms with Crippen molar-refractivity contribution in [2.75, 3.05) is 0 Å². The highest BCUT2D eigenvalue weighted by molar-refractivity contribution is 6.30. The minimum Gasteiger partial charge on any atom is -0.349 e. The number of aromatic nitrogens is 1. The Morgan fingerprint density at radius 3 is 2.84 bits per heavy atom. The van der Waals surface area contributed by atoms with Gasteiger partial charge in [-0.05, 0) is 36.1 Å². The molecule has 0 radical (unpaired) electrons. The molecule has 2 nitrogen and oxygen atoms in total. The van der Waals surface area contributed by atoms with Crippen molar-refractivity contribution in [3.63, 3.8) is 0 Å². The zero-order valence-corrected chi connectivity index (χ0v) is 11.1. The Morgan fingerprint density at radius 2 is 2.11 bits per heavy atom. The summed E-state index contributed by atoms with van der Waals surface area (Å²) in [4.78, 5) is 11.8. The van der Waals surface area contributed by atoms with Gasteiger partial charge in [-0.3, -0.25) is 4.79 Å². The molecule has 0 bridgehead atoms. The number of aryl methyl sites for hydroxylation is 1. The molecule has 1 aromatic heterocycles. The average Bonchev–Trinajstić information content (AvgIpc) is 2.78. The van der Waals surface area contributed by atoms with Crippen LogP contribution in [0, 0.1) is 5.82 Å². The van der Waals surface area contributed by atoms with Gasteiger partial charge in [0.15, 0.2) is 5.78 Å². The third-order valence-corrected chi connectivity index (χ3v) is 3.77. The topological polar surface area (TPSA) is 22.0 Å². The van der Waals surface area contributed by atoms with Gasteiger partial charge in [-0.15, -0.1) is 0 Å². The van der Waals surface area contributed by atoms with Crippen molar-refractivity contribution >= 4 is 17.4 Å². The van der Waals surface area contributed by atoms with E-state index < -0.39 is 5.82 Å². The molecule has 1 heterocycles. The number of rotatable bonds is 2. The van der Waals surface area contributed by atoms with Crippen LogP contribution in [0.15, 0.2) is 30.6 Å². The first-order valence-electron chi connectivity index (χ1n) is 6.29. The second-order valence-corrected chi connectivity index (χ2v) is 5.30. The highest BCUT2D eigenvalue weighted by Gasteiger charge is 2.19. The number of Topliss-reactive ketones (excluding diaryl/α,β-unsaturated/α-hetero) is 1. The molecule has 1 aromatic carbocycles. The fourth-order valence-electron chi connectivity index (χ4n) is 2.52. The van der Waals surface area contributed by atoms with Crippen LogP contribution in [0.3, 0.4) is 0 Å². The van der Waals surface area contributed by atoms with Gasteiger partial charge in [0, 0.05) is 30.9 Å². The van der Waals surface area contributed by atoms with E-state index in [0.717, 1.165) is 29.5 Å². The van der Waals surface area contributed by atoms with E-state index in [2.05, 4.69) is 0 Å². The van der Waals surface area contributed by atoms with Crippen LogP contribution in [-0.4, -0.2) is 10.4 Å². The fraction of sp³-hybridized carbons (Fsp3) is 0.267. The third-order valence-electron chi connectivity index (χ3n) is 3.46. The van der Waals surface area contributed by atoms with E-state index in [-0.39, 0.29) is 10.8 Å². The van der Waals surface area contributed by atoms with Gasteiger partial charge in [0.25, 0.3) is 0 Å². The van der Waals surface area contributed by atoms with Gasteiger partial charge in [0.05, 0.1) is 5.02 Å². The molecule has 0 saturated carbocycles. The van der Waals surface area contributed by atoms with Crippen molar-refractivity contribution in [1.82, 2.24) is 4.57 Å².